The molecule has 3 rings (SSSR count). The molecule has 0 atom stereocenters. The van der Waals surface area contributed by atoms with Crippen LogP contribution in [0.5, 0.6) is 0 Å². The van der Waals surface area contributed by atoms with Gasteiger partial charge in [-0.25, -0.2) is 8.42 Å². The average Bonchev–Trinajstić information content (AvgIpc) is 2.78. The van der Waals surface area contributed by atoms with Crippen LogP contribution in [0.1, 0.15) is 30.4 Å². The molecule has 0 aromatic heterocycles. The smallest absolute Gasteiger partial charge is 0.248 e. The van der Waals surface area contributed by atoms with Gasteiger partial charge in [-0.2, -0.15) is 9.57 Å². The second kappa shape index (κ2) is 9.77. The molecule has 7 nitrogen and oxygen atoms in total. The Bertz CT molecular complexity index is 1130. The molecule has 1 N–H and O–H groups in total. The molecule has 1 heterocycles. The minimum atomic E-state index is -3.62. The maximum absolute atomic E-state index is 13.0. The van der Waals surface area contributed by atoms with Gasteiger partial charge in [0.05, 0.1) is 27.9 Å². The maximum Gasteiger partial charge on any atom is 0.248 e. The van der Waals surface area contributed by atoms with Gasteiger partial charge >= 0.3 is 0 Å². The summed E-state index contributed by atoms with van der Waals surface area (Å²) >= 11 is 0. The Labute approximate surface area is 183 Å². The summed E-state index contributed by atoms with van der Waals surface area (Å²) in [5.41, 5.74) is 2.20. The number of benzene rings is 2. The van der Waals surface area contributed by atoms with Crippen LogP contribution in [0.25, 0.3) is 6.08 Å². The molecule has 1 amide bonds. The van der Waals surface area contributed by atoms with Gasteiger partial charge in [0.25, 0.3) is 0 Å². The number of piperidine rings is 1. The number of sulfonamides is 1. The lowest BCUT2D eigenvalue weighted by atomic mass is 10.1. The van der Waals surface area contributed by atoms with E-state index in [2.05, 4.69) is 11.4 Å². The van der Waals surface area contributed by atoms with Crippen molar-refractivity contribution in [3.05, 3.63) is 59.7 Å². The van der Waals surface area contributed by atoms with E-state index in [-0.39, 0.29) is 4.90 Å². The number of rotatable bonds is 6. The summed E-state index contributed by atoms with van der Waals surface area (Å²) in [7, 11) is 0.0268. The fourth-order valence-electron chi connectivity index (χ4n) is 3.50. The van der Waals surface area contributed by atoms with E-state index >= 15 is 0 Å². The third kappa shape index (κ3) is 5.32. The van der Waals surface area contributed by atoms with Gasteiger partial charge in [-0.1, -0.05) is 24.6 Å². The Morgan fingerprint density at radius 1 is 1.13 bits per heavy atom. The SMILES string of the molecule is CN(C)c1ccc(S(=O)(=O)N2CCCCC2)cc1NC(=O)/C=C/c1ccccc1C#N. The molecular formula is C23H26N4O3S. The Morgan fingerprint density at radius 2 is 1.84 bits per heavy atom. The highest BCUT2D eigenvalue weighted by molar-refractivity contribution is 7.89. The molecule has 2 aromatic rings. The van der Waals surface area contributed by atoms with Crippen LogP contribution in [0.4, 0.5) is 11.4 Å². The largest absolute Gasteiger partial charge is 0.376 e. The van der Waals surface area contributed by atoms with Crippen molar-refractivity contribution in [2.75, 3.05) is 37.4 Å². The molecule has 0 aliphatic carbocycles. The predicted molar refractivity (Wildman–Crippen MR) is 122 cm³/mol. The molecular weight excluding hydrogens is 412 g/mol. The van der Waals surface area contributed by atoms with E-state index < -0.39 is 15.9 Å². The van der Waals surface area contributed by atoms with Crippen molar-refractivity contribution in [3.63, 3.8) is 0 Å². The number of nitrogens with one attached hydrogen (secondary N) is 1. The Morgan fingerprint density at radius 3 is 2.52 bits per heavy atom. The van der Waals surface area contributed by atoms with Crippen molar-refractivity contribution in [1.29, 1.82) is 5.26 Å². The van der Waals surface area contributed by atoms with E-state index in [1.165, 1.54) is 16.4 Å². The second-order valence-electron chi connectivity index (χ2n) is 7.56. The zero-order valence-corrected chi connectivity index (χ0v) is 18.5. The highest BCUT2D eigenvalue weighted by Crippen LogP contribution is 2.30. The minimum absolute atomic E-state index is 0.161. The van der Waals surface area contributed by atoms with Crippen molar-refractivity contribution in [2.24, 2.45) is 0 Å². The topological polar surface area (TPSA) is 93.5 Å². The lowest BCUT2D eigenvalue weighted by Crippen LogP contribution is -2.35. The summed E-state index contributed by atoms with van der Waals surface area (Å²) in [4.78, 5) is 14.5. The van der Waals surface area contributed by atoms with E-state index in [1.54, 1.807) is 42.5 Å². The van der Waals surface area contributed by atoms with Gasteiger partial charge in [-0.15, -0.1) is 0 Å². The Kier molecular flexibility index (Phi) is 7.10. The number of nitrogens with zero attached hydrogens (tertiary/aromatic N) is 3. The van der Waals surface area contributed by atoms with Crippen LogP contribution in [0.3, 0.4) is 0 Å². The number of hydrogen-bond donors (Lipinski definition) is 1. The third-order valence-electron chi connectivity index (χ3n) is 5.16. The van der Waals surface area contributed by atoms with Crippen LogP contribution in [-0.4, -0.2) is 45.8 Å². The zero-order valence-electron chi connectivity index (χ0n) is 17.7. The quantitative estimate of drug-likeness (QED) is 0.697. The molecule has 2 aromatic carbocycles. The molecule has 0 bridgehead atoms. The monoisotopic (exact) mass is 438 g/mol. The van der Waals surface area contributed by atoms with Gasteiger partial charge in [0.2, 0.25) is 15.9 Å². The van der Waals surface area contributed by atoms with Crippen LogP contribution in [0.15, 0.2) is 53.4 Å². The summed E-state index contributed by atoms with van der Waals surface area (Å²) in [6.45, 7) is 1.03. The van der Waals surface area contributed by atoms with Gasteiger partial charge < -0.3 is 10.2 Å². The molecule has 1 saturated heterocycles. The molecule has 0 unspecified atom stereocenters. The van der Waals surface area contributed by atoms with E-state index in [4.69, 9.17) is 0 Å². The fraction of sp³-hybridized carbons (Fsp3) is 0.304. The van der Waals surface area contributed by atoms with Crippen LogP contribution >= 0.6 is 0 Å². The van der Waals surface area contributed by atoms with Gasteiger partial charge in [0.15, 0.2) is 0 Å². The standard InChI is InChI=1S/C23H26N4O3S/c1-26(2)22-12-11-20(31(29,30)27-14-6-3-7-15-27)16-21(22)25-23(28)13-10-18-8-4-5-9-19(18)17-24/h4-5,8-13,16H,3,6-7,14-15H2,1-2H3,(H,25,28)/b13-10+. The van der Waals surface area contributed by atoms with E-state index in [1.807, 2.05) is 19.0 Å². The minimum Gasteiger partial charge on any atom is -0.376 e. The lowest BCUT2D eigenvalue weighted by molar-refractivity contribution is -0.111. The number of amides is 1. The number of nitriles is 1. The fourth-order valence-corrected chi connectivity index (χ4v) is 5.05. The normalized spacial score (nSPS) is 14.9. The van der Waals surface area contributed by atoms with Gasteiger partial charge in [-0.05, 0) is 48.7 Å². The molecule has 8 heteroatoms. The molecule has 1 fully saturated rings. The molecule has 0 radical (unpaired) electrons. The Hall–Kier alpha value is -3.15. The van der Waals surface area contributed by atoms with Crippen molar-refractivity contribution < 1.29 is 13.2 Å². The summed E-state index contributed by atoms with van der Waals surface area (Å²) in [6.07, 6.45) is 5.65. The number of carbonyl (C=O) groups is 1. The third-order valence-corrected chi connectivity index (χ3v) is 7.05. The maximum atomic E-state index is 13.0. The number of anilines is 2. The number of hydrogen-bond acceptors (Lipinski definition) is 5. The molecule has 162 valence electrons. The van der Waals surface area contributed by atoms with Crippen molar-refractivity contribution in [2.45, 2.75) is 24.2 Å². The van der Waals surface area contributed by atoms with E-state index in [9.17, 15) is 18.5 Å². The first kappa shape index (κ1) is 22.5. The first-order valence-corrected chi connectivity index (χ1v) is 11.6. The number of carbonyl (C=O) groups excluding carboxylic acids is 1. The van der Waals surface area contributed by atoms with Crippen molar-refractivity contribution in [3.8, 4) is 6.07 Å². The van der Waals surface area contributed by atoms with Crippen LogP contribution in [-0.2, 0) is 14.8 Å². The molecule has 0 spiro atoms. The summed E-state index contributed by atoms with van der Waals surface area (Å²) in [6, 6.07) is 13.8. The molecule has 1 aliphatic heterocycles. The van der Waals surface area contributed by atoms with Crippen molar-refractivity contribution >= 4 is 33.4 Å². The van der Waals surface area contributed by atoms with Crippen LogP contribution in [0, 0.1) is 11.3 Å². The summed E-state index contributed by atoms with van der Waals surface area (Å²) in [5, 5.41) is 12.0. The average molecular weight is 439 g/mol. The summed E-state index contributed by atoms with van der Waals surface area (Å²) < 4.78 is 27.6. The molecule has 0 saturated carbocycles. The summed E-state index contributed by atoms with van der Waals surface area (Å²) in [5.74, 6) is -0.414. The van der Waals surface area contributed by atoms with Gasteiger partial charge in [0, 0.05) is 33.3 Å². The van der Waals surface area contributed by atoms with Crippen LogP contribution in [0.2, 0.25) is 0 Å². The van der Waals surface area contributed by atoms with Crippen LogP contribution < -0.4 is 10.2 Å². The second-order valence-corrected chi connectivity index (χ2v) is 9.50. The zero-order chi connectivity index (χ0) is 22.4. The molecule has 31 heavy (non-hydrogen) atoms. The van der Waals surface area contributed by atoms with Gasteiger partial charge in [-0.3, -0.25) is 4.79 Å². The first-order chi connectivity index (χ1) is 14.8. The highest BCUT2D eigenvalue weighted by Gasteiger charge is 2.27. The highest BCUT2D eigenvalue weighted by atomic mass is 32.2. The predicted octanol–water partition coefficient (Wildman–Crippen LogP) is 3.45. The first-order valence-electron chi connectivity index (χ1n) is 10.1. The van der Waals surface area contributed by atoms with E-state index in [0.717, 1.165) is 19.3 Å². The lowest BCUT2D eigenvalue weighted by Gasteiger charge is -2.26. The van der Waals surface area contributed by atoms with Gasteiger partial charge in [0.1, 0.15) is 0 Å². The molecule has 1 aliphatic rings. The van der Waals surface area contributed by atoms with E-state index in [0.29, 0.717) is 35.6 Å². The van der Waals surface area contributed by atoms with Crippen molar-refractivity contribution in [1.82, 2.24) is 4.31 Å². The Balaban J connectivity index is 1.87.